The summed E-state index contributed by atoms with van der Waals surface area (Å²) < 4.78 is 13.5. The number of aryl methyl sites for hydroxylation is 1. The summed E-state index contributed by atoms with van der Waals surface area (Å²) in [6.07, 6.45) is 4.94. The topological polar surface area (TPSA) is 36.3 Å². The number of hydrogen-bond acceptors (Lipinski definition) is 3. The molecule has 1 heterocycles. The fraction of sp³-hybridized carbons (Fsp3) is 0.381. The quantitative estimate of drug-likeness (QED) is 0.503. The molecule has 0 atom stereocenters. The van der Waals surface area contributed by atoms with E-state index in [4.69, 9.17) is 14.5 Å². The maximum Gasteiger partial charge on any atom is 0.147 e. The van der Waals surface area contributed by atoms with Crippen molar-refractivity contribution in [2.45, 2.75) is 45.8 Å². The first-order valence-corrected chi connectivity index (χ1v) is 9.03. The van der Waals surface area contributed by atoms with Gasteiger partial charge in [-0.15, -0.1) is 0 Å². The Kier molecular flexibility index (Phi) is 5.94. The molecule has 25 heavy (non-hydrogen) atoms. The lowest BCUT2D eigenvalue weighted by atomic mass is 10.2. The second-order valence-electron chi connectivity index (χ2n) is 6.20. The van der Waals surface area contributed by atoms with Crippen LogP contribution in [-0.4, -0.2) is 16.7 Å². The van der Waals surface area contributed by atoms with E-state index in [2.05, 4.69) is 29.7 Å². The molecule has 0 unspecified atom stereocenters. The van der Waals surface area contributed by atoms with E-state index in [1.807, 2.05) is 30.3 Å². The van der Waals surface area contributed by atoms with E-state index in [9.17, 15) is 0 Å². The molecule has 4 heteroatoms. The van der Waals surface area contributed by atoms with Gasteiger partial charge in [0.25, 0.3) is 0 Å². The lowest BCUT2D eigenvalue weighted by molar-refractivity contribution is 0.287. The van der Waals surface area contributed by atoms with Gasteiger partial charge in [0.2, 0.25) is 0 Å². The fourth-order valence-electron chi connectivity index (χ4n) is 3.02. The molecule has 3 aromatic rings. The summed E-state index contributed by atoms with van der Waals surface area (Å²) in [5, 5.41) is 0. The van der Waals surface area contributed by atoms with E-state index in [0.29, 0.717) is 6.61 Å². The summed E-state index contributed by atoms with van der Waals surface area (Å²) in [6, 6.07) is 16.0. The zero-order valence-electron chi connectivity index (χ0n) is 15.1. The fourth-order valence-corrected chi connectivity index (χ4v) is 3.02. The average Bonchev–Trinajstić information content (AvgIpc) is 3.01. The van der Waals surface area contributed by atoms with Crippen LogP contribution in [-0.2, 0) is 13.2 Å². The minimum absolute atomic E-state index is 0.454. The van der Waals surface area contributed by atoms with E-state index in [-0.39, 0.29) is 0 Å². The van der Waals surface area contributed by atoms with E-state index >= 15 is 0 Å². The van der Waals surface area contributed by atoms with Crippen LogP contribution in [0.25, 0.3) is 11.0 Å². The van der Waals surface area contributed by atoms with Gasteiger partial charge in [-0.2, -0.15) is 0 Å². The highest BCUT2D eigenvalue weighted by Gasteiger charge is 2.11. The van der Waals surface area contributed by atoms with Crippen molar-refractivity contribution in [1.29, 1.82) is 0 Å². The van der Waals surface area contributed by atoms with Gasteiger partial charge in [-0.1, -0.05) is 44.4 Å². The van der Waals surface area contributed by atoms with Crippen molar-refractivity contribution in [3.05, 3.63) is 54.4 Å². The Bertz CT molecular complexity index is 811. The van der Waals surface area contributed by atoms with Gasteiger partial charge < -0.3 is 14.0 Å². The zero-order chi connectivity index (χ0) is 17.5. The maximum atomic E-state index is 5.97. The Morgan fingerprint density at radius 3 is 2.64 bits per heavy atom. The van der Waals surface area contributed by atoms with Crippen LogP contribution in [0, 0.1) is 0 Å². The third-order valence-electron chi connectivity index (χ3n) is 4.38. The SMILES string of the molecule is CCCCCCn1c(COc2cccc(OC)c2)nc2ccccc21. The molecule has 0 radical (unpaired) electrons. The van der Waals surface area contributed by atoms with Crippen molar-refractivity contribution < 1.29 is 9.47 Å². The van der Waals surface area contributed by atoms with Crippen molar-refractivity contribution in [3.8, 4) is 11.5 Å². The second kappa shape index (κ2) is 8.56. The van der Waals surface area contributed by atoms with E-state index < -0.39 is 0 Å². The van der Waals surface area contributed by atoms with E-state index in [1.54, 1.807) is 7.11 Å². The molecule has 0 N–H and O–H groups in total. The largest absolute Gasteiger partial charge is 0.497 e. The molecule has 2 aromatic carbocycles. The van der Waals surface area contributed by atoms with E-state index in [0.717, 1.165) is 29.4 Å². The number of nitrogens with zero attached hydrogens (tertiary/aromatic N) is 2. The summed E-state index contributed by atoms with van der Waals surface area (Å²) in [5.41, 5.74) is 2.21. The number of imidazole rings is 1. The Balaban J connectivity index is 1.76. The molecule has 0 fully saturated rings. The first-order chi connectivity index (χ1) is 12.3. The first-order valence-electron chi connectivity index (χ1n) is 9.03. The Morgan fingerprint density at radius 2 is 1.80 bits per heavy atom. The highest BCUT2D eigenvalue weighted by atomic mass is 16.5. The molecule has 0 spiro atoms. The lowest BCUT2D eigenvalue weighted by Gasteiger charge is -2.11. The van der Waals surface area contributed by atoms with Crippen LogP contribution in [0.3, 0.4) is 0 Å². The second-order valence-corrected chi connectivity index (χ2v) is 6.20. The molecule has 4 nitrogen and oxygen atoms in total. The first kappa shape index (κ1) is 17.3. The van der Waals surface area contributed by atoms with Crippen LogP contribution in [0.4, 0.5) is 0 Å². The van der Waals surface area contributed by atoms with Crippen molar-refractivity contribution in [3.63, 3.8) is 0 Å². The molecule has 0 aliphatic carbocycles. The highest BCUT2D eigenvalue weighted by Crippen LogP contribution is 2.22. The number of hydrogen-bond donors (Lipinski definition) is 0. The van der Waals surface area contributed by atoms with Crippen LogP contribution < -0.4 is 9.47 Å². The molecule has 132 valence electrons. The van der Waals surface area contributed by atoms with Crippen LogP contribution in [0.5, 0.6) is 11.5 Å². The number of ether oxygens (including phenoxy) is 2. The number of rotatable bonds is 9. The zero-order valence-corrected chi connectivity index (χ0v) is 15.1. The molecule has 1 aromatic heterocycles. The Labute approximate surface area is 149 Å². The van der Waals surface area contributed by atoms with Crippen LogP contribution in [0.15, 0.2) is 48.5 Å². The van der Waals surface area contributed by atoms with Crippen molar-refractivity contribution in [1.82, 2.24) is 9.55 Å². The lowest BCUT2D eigenvalue weighted by Crippen LogP contribution is -2.07. The Hall–Kier alpha value is -2.49. The summed E-state index contributed by atoms with van der Waals surface area (Å²) in [5.74, 6) is 2.56. The van der Waals surface area contributed by atoms with E-state index in [1.165, 1.54) is 31.2 Å². The van der Waals surface area contributed by atoms with Gasteiger partial charge in [0.1, 0.15) is 23.9 Å². The average molecular weight is 338 g/mol. The molecular formula is C21H26N2O2. The van der Waals surface area contributed by atoms with Gasteiger partial charge in [0.05, 0.1) is 18.1 Å². The summed E-state index contributed by atoms with van der Waals surface area (Å²) >= 11 is 0. The van der Waals surface area contributed by atoms with Gasteiger partial charge in [0, 0.05) is 12.6 Å². The molecule has 0 saturated carbocycles. The minimum Gasteiger partial charge on any atom is -0.497 e. The van der Waals surface area contributed by atoms with Crippen LogP contribution in [0.2, 0.25) is 0 Å². The normalized spacial score (nSPS) is 11.0. The smallest absolute Gasteiger partial charge is 0.147 e. The predicted octanol–water partition coefficient (Wildman–Crippen LogP) is 5.20. The summed E-state index contributed by atoms with van der Waals surface area (Å²) in [4.78, 5) is 4.78. The number of fused-ring (bicyclic) bond motifs is 1. The van der Waals surface area contributed by atoms with Crippen molar-refractivity contribution in [2.24, 2.45) is 0 Å². The van der Waals surface area contributed by atoms with Crippen LogP contribution in [0.1, 0.15) is 38.4 Å². The Morgan fingerprint density at radius 1 is 0.960 bits per heavy atom. The maximum absolute atomic E-state index is 5.97. The molecule has 0 saturated heterocycles. The predicted molar refractivity (Wildman–Crippen MR) is 101 cm³/mol. The van der Waals surface area contributed by atoms with Gasteiger partial charge in [-0.3, -0.25) is 0 Å². The third-order valence-corrected chi connectivity index (χ3v) is 4.38. The summed E-state index contributed by atoms with van der Waals surface area (Å²) in [7, 11) is 1.66. The third kappa shape index (κ3) is 4.32. The van der Waals surface area contributed by atoms with Gasteiger partial charge in [0.15, 0.2) is 0 Å². The molecule has 0 aliphatic heterocycles. The number of methoxy groups -OCH3 is 1. The number of para-hydroxylation sites is 2. The van der Waals surface area contributed by atoms with Gasteiger partial charge in [-0.05, 0) is 30.7 Å². The van der Waals surface area contributed by atoms with Crippen LogP contribution >= 0.6 is 0 Å². The monoisotopic (exact) mass is 338 g/mol. The number of benzene rings is 2. The highest BCUT2D eigenvalue weighted by molar-refractivity contribution is 5.75. The molecule has 0 amide bonds. The van der Waals surface area contributed by atoms with Crippen molar-refractivity contribution in [2.75, 3.05) is 7.11 Å². The standard InChI is InChI=1S/C21H26N2O2/c1-3-4-5-8-14-23-20-13-7-6-12-19(20)22-21(23)16-25-18-11-9-10-17(15-18)24-2/h6-7,9-13,15H,3-5,8,14,16H2,1-2H3. The molecule has 0 aliphatic rings. The minimum atomic E-state index is 0.454. The van der Waals surface area contributed by atoms with Crippen molar-refractivity contribution >= 4 is 11.0 Å². The summed E-state index contributed by atoms with van der Waals surface area (Å²) in [6.45, 7) is 3.67. The number of unbranched alkanes of at least 4 members (excludes halogenated alkanes) is 3. The molecular weight excluding hydrogens is 312 g/mol. The van der Waals surface area contributed by atoms with Gasteiger partial charge in [-0.25, -0.2) is 4.98 Å². The molecule has 0 bridgehead atoms. The van der Waals surface area contributed by atoms with Gasteiger partial charge >= 0.3 is 0 Å². The molecule has 3 rings (SSSR count). The number of aromatic nitrogens is 2.